The van der Waals surface area contributed by atoms with Crippen molar-refractivity contribution >= 4 is 22.6 Å². The zero-order valence-corrected chi connectivity index (χ0v) is 15.3. The number of carbonyl (C=O) groups excluding carboxylic acids is 2. The van der Waals surface area contributed by atoms with E-state index in [0.29, 0.717) is 22.5 Å². The molecule has 0 unspecified atom stereocenters. The summed E-state index contributed by atoms with van der Waals surface area (Å²) in [6.45, 7) is 3.44. The second-order valence-corrected chi connectivity index (χ2v) is 6.58. The zero-order valence-electron chi connectivity index (χ0n) is 15.3. The minimum Gasteiger partial charge on any atom is -0.345 e. The van der Waals surface area contributed by atoms with Crippen LogP contribution in [-0.2, 0) is 7.05 Å². The third-order valence-corrected chi connectivity index (χ3v) is 4.72. The highest BCUT2D eigenvalue weighted by Crippen LogP contribution is 2.26. The van der Waals surface area contributed by atoms with E-state index < -0.39 is 0 Å². The van der Waals surface area contributed by atoms with Crippen molar-refractivity contribution in [3.05, 3.63) is 71.3 Å². The molecule has 4 rings (SSSR count). The molecule has 0 aliphatic heterocycles. The summed E-state index contributed by atoms with van der Waals surface area (Å²) in [5.74, 6) is -0.143. The Balaban J connectivity index is 1.81. The number of ketones is 2. The Morgan fingerprint density at radius 2 is 1.93 bits per heavy atom. The minimum absolute atomic E-state index is 0.00826. The Labute approximate surface area is 155 Å². The van der Waals surface area contributed by atoms with E-state index in [4.69, 9.17) is 0 Å². The van der Waals surface area contributed by atoms with Gasteiger partial charge < -0.3 is 4.98 Å². The quantitative estimate of drug-likeness (QED) is 0.564. The molecule has 1 N–H and O–H groups in total. The molecule has 0 fully saturated rings. The molecule has 0 aliphatic rings. The predicted octanol–water partition coefficient (Wildman–Crippen LogP) is 3.71. The second kappa shape index (κ2) is 6.32. The van der Waals surface area contributed by atoms with Gasteiger partial charge in [0.25, 0.3) is 0 Å². The van der Waals surface area contributed by atoms with Gasteiger partial charge in [0.2, 0.25) is 5.78 Å². The van der Waals surface area contributed by atoms with Crippen LogP contribution in [0, 0.1) is 6.92 Å². The number of aryl methyl sites for hydroxylation is 2. The predicted molar refractivity (Wildman–Crippen MR) is 103 cm³/mol. The molecule has 0 radical (unpaired) electrons. The van der Waals surface area contributed by atoms with Crippen LogP contribution in [0.1, 0.15) is 39.0 Å². The van der Waals surface area contributed by atoms with Crippen LogP contribution in [0.5, 0.6) is 0 Å². The molecule has 0 saturated carbocycles. The average molecular weight is 358 g/mol. The molecular formula is C21H18N4O2. The van der Waals surface area contributed by atoms with E-state index in [9.17, 15) is 9.59 Å². The molecule has 0 aliphatic carbocycles. The number of H-pyrrole nitrogens is 1. The summed E-state index contributed by atoms with van der Waals surface area (Å²) in [6.07, 6.45) is 3.40. The molecule has 1 aromatic carbocycles. The average Bonchev–Trinajstić information content (AvgIpc) is 3.24. The number of benzene rings is 1. The number of rotatable bonds is 4. The lowest BCUT2D eigenvalue weighted by molar-refractivity contribution is 0.101. The molecule has 6 heteroatoms. The topological polar surface area (TPSA) is 80.6 Å². The van der Waals surface area contributed by atoms with Crippen LogP contribution >= 0.6 is 0 Å². The summed E-state index contributed by atoms with van der Waals surface area (Å²) >= 11 is 0. The Kier molecular flexibility index (Phi) is 3.96. The molecule has 3 heterocycles. The van der Waals surface area contributed by atoms with Crippen molar-refractivity contribution in [3.8, 4) is 11.1 Å². The number of hydrogen-bond acceptors (Lipinski definition) is 4. The second-order valence-electron chi connectivity index (χ2n) is 6.58. The van der Waals surface area contributed by atoms with Crippen LogP contribution in [0.15, 0.2) is 48.8 Å². The van der Waals surface area contributed by atoms with Crippen LogP contribution in [-0.4, -0.2) is 31.3 Å². The van der Waals surface area contributed by atoms with Gasteiger partial charge in [-0.15, -0.1) is 0 Å². The molecule has 0 amide bonds. The fourth-order valence-corrected chi connectivity index (χ4v) is 3.08. The number of nitrogens with one attached hydrogen (secondary N) is 1. The van der Waals surface area contributed by atoms with Crippen molar-refractivity contribution in [1.82, 2.24) is 19.7 Å². The molecule has 4 aromatic rings. The van der Waals surface area contributed by atoms with Gasteiger partial charge in [0.1, 0.15) is 11.3 Å². The SMILES string of the molecule is CC(=O)c1cccc(-c2cnc3[nH]cc(C(=O)c4cc(C)n(C)n4)c3c2)c1. The van der Waals surface area contributed by atoms with Crippen LogP contribution in [0.25, 0.3) is 22.2 Å². The number of nitrogens with zero attached hydrogens (tertiary/aromatic N) is 3. The van der Waals surface area contributed by atoms with Crippen molar-refractivity contribution in [2.24, 2.45) is 7.05 Å². The normalized spacial score (nSPS) is 11.1. The lowest BCUT2D eigenvalue weighted by atomic mass is 10.0. The minimum atomic E-state index is -0.151. The van der Waals surface area contributed by atoms with Gasteiger partial charge in [-0.2, -0.15) is 5.10 Å². The van der Waals surface area contributed by atoms with E-state index in [1.807, 2.05) is 38.2 Å². The number of fused-ring (bicyclic) bond motifs is 1. The van der Waals surface area contributed by atoms with E-state index in [2.05, 4.69) is 15.1 Å². The Morgan fingerprint density at radius 3 is 2.63 bits per heavy atom. The van der Waals surface area contributed by atoms with Crippen molar-refractivity contribution in [3.63, 3.8) is 0 Å². The highest BCUT2D eigenvalue weighted by atomic mass is 16.1. The fraction of sp³-hybridized carbons (Fsp3) is 0.143. The number of carbonyl (C=O) groups is 2. The molecule has 3 aromatic heterocycles. The summed E-state index contributed by atoms with van der Waals surface area (Å²) in [6, 6.07) is 11.1. The van der Waals surface area contributed by atoms with Crippen LogP contribution in [0.4, 0.5) is 0 Å². The van der Waals surface area contributed by atoms with Crippen molar-refractivity contribution in [2.45, 2.75) is 13.8 Å². The molecule has 27 heavy (non-hydrogen) atoms. The smallest absolute Gasteiger partial charge is 0.215 e. The van der Waals surface area contributed by atoms with Gasteiger partial charge >= 0.3 is 0 Å². The van der Waals surface area contributed by atoms with Crippen molar-refractivity contribution in [1.29, 1.82) is 0 Å². The van der Waals surface area contributed by atoms with Crippen LogP contribution < -0.4 is 0 Å². The van der Waals surface area contributed by atoms with Gasteiger partial charge in [0, 0.05) is 41.6 Å². The monoisotopic (exact) mass is 358 g/mol. The number of aromatic amines is 1. The first-order valence-corrected chi connectivity index (χ1v) is 8.58. The zero-order chi connectivity index (χ0) is 19.1. The van der Waals surface area contributed by atoms with E-state index in [-0.39, 0.29) is 11.6 Å². The van der Waals surface area contributed by atoms with Gasteiger partial charge in [-0.05, 0) is 37.6 Å². The first-order valence-electron chi connectivity index (χ1n) is 8.58. The lowest BCUT2D eigenvalue weighted by Gasteiger charge is -2.04. The van der Waals surface area contributed by atoms with Gasteiger partial charge in [0.05, 0.1) is 5.56 Å². The van der Waals surface area contributed by atoms with E-state index in [1.165, 1.54) is 0 Å². The largest absolute Gasteiger partial charge is 0.345 e. The standard InChI is InChI=1S/C21H18N4O2/c1-12-7-19(24-25(12)3)20(27)18-11-23-21-17(18)9-16(10-22-21)15-6-4-5-14(8-15)13(2)26/h4-11H,1-3H3,(H,22,23). The number of pyridine rings is 1. The summed E-state index contributed by atoms with van der Waals surface area (Å²) < 4.78 is 1.68. The van der Waals surface area contributed by atoms with Gasteiger partial charge in [0.15, 0.2) is 5.78 Å². The Morgan fingerprint density at radius 1 is 1.11 bits per heavy atom. The van der Waals surface area contributed by atoms with Gasteiger partial charge in [-0.1, -0.05) is 18.2 Å². The molecule has 0 bridgehead atoms. The molecule has 0 spiro atoms. The van der Waals surface area contributed by atoms with Gasteiger partial charge in [-0.25, -0.2) is 4.98 Å². The van der Waals surface area contributed by atoms with Gasteiger partial charge in [-0.3, -0.25) is 14.3 Å². The molecular weight excluding hydrogens is 340 g/mol. The molecule has 0 atom stereocenters. The number of Topliss-reactive ketones (excluding diaryl/α,β-unsaturated/α-hetero) is 1. The van der Waals surface area contributed by atoms with Crippen molar-refractivity contribution in [2.75, 3.05) is 0 Å². The van der Waals surface area contributed by atoms with E-state index >= 15 is 0 Å². The third kappa shape index (κ3) is 2.95. The lowest BCUT2D eigenvalue weighted by Crippen LogP contribution is -2.03. The van der Waals surface area contributed by atoms with Crippen molar-refractivity contribution < 1.29 is 9.59 Å². The maximum absolute atomic E-state index is 12.9. The summed E-state index contributed by atoms with van der Waals surface area (Å²) in [4.78, 5) is 32.0. The number of aromatic nitrogens is 4. The fourth-order valence-electron chi connectivity index (χ4n) is 3.08. The summed E-state index contributed by atoms with van der Waals surface area (Å²) in [5.41, 5.74) is 4.85. The summed E-state index contributed by atoms with van der Waals surface area (Å²) in [5, 5.41) is 5.01. The van der Waals surface area contributed by atoms with E-state index in [0.717, 1.165) is 22.2 Å². The Hall–Kier alpha value is -3.54. The number of hydrogen-bond donors (Lipinski definition) is 1. The highest BCUT2D eigenvalue weighted by Gasteiger charge is 2.18. The highest BCUT2D eigenvalue weighted by molar-refractivity contribution is 6.15. The maximum atomic E-state index is 12.9. The first-order chi connectivity index (χ1) is 12.9. The van der Waals surface area contributed by atoms with Crippen LogP contribution in [0.2, 0.25) is 0 Å². The maximum Gasteiger partial charge on any atom is 0.215 e. The third-order valence-electron chi connectivity index (χ3n) is 4.72. The Bertz CT molecular complexity index is 1180. The van der Waals surface area contributed by atoms with Crippen LogP contribution in [0.3, 0.4) is 0 Å². The first kappa shape index (κ1) is 16.9. The summed E-state index contributed by atoms with van der Waals surface area (Å²) in [7, 11) is 1.81. The molecule has 6 nitrogen and oxygen atoms in total. The van der Waals surface area contributed by atoms with E-state index in [1.54, 1.807) is 36.1 Å². The molecule has 0 saturated heterocycles. The molecule has 134 valence electrons.